The Morgan fingerprint density at radius 1 is 1.63 bits per heavy atom. The first-order valence-corrected chi connectivity index (χ1v) is 6.74. The quantitative estimate of drug-likeness (QED) is 0.829. The number of hydrogen-bond acceptors (Lipinski definition) is 4. The van der Waals surface area contributed by atoms with Gasteiger partial charge in [0.25, 0.3) is 5.91 Å². The van der Waals surface area contributed by atoms with Crippen molar-refractivity contribution in [3.05, 3.63) is 11.4 Å². The average molecular weight is 266 g/mol. The Kier molecular flexibility index (Phi) is 3.80. The third-order valence-corrected chi connectivity index (χ3v) is 3.89. The van der Waals surface area contributed by atoms with Crippen LogP contribution in [0.5, 0.6) is 0 Å². The maximum absolute atomic E-state index is 12.5. The summed E-state index contributed by atoms with van der Waals surface area (Å²) in [5.74, 6) is 0.0689. The summed E-state index contributed by atoms with van der Waals surface area (Å²) < 4.78 is 1.56. The molecule has 0 saturated carbocycles. The van der Waals surface area contributed by atoms with Gasteiger partial charge in [-0.2, -0.15) is 5.10 Å². The number of aryl methyl sites for hydroxylation is 2. The van der Waals surface area contributed by atoms with E-state index in [1.807, 2.05) is 6.92 Å². The van der Waals surface area contributed by atoms with Crippen molar-refractivity contribution in [3.63, 3.8) is 0 Å². The molecule has 2 rings (SSSR count). The number of rotatable bonds is 3. The first-order valence-electron chi connectivity index (χ1n) is 6.74. The molecule has 0 spiro atoms. The van der Waals surface area contributed by atoms with Crippen molar-refractivity contribution in [1.29, 1.82) is 0 Å². The van der Waals surface area contributed by atoms with Crippen LogP contribution in [-0.4, -0.2) is 44.9 Å². The second-order valence-electron chi connectivity index (χ2n) is 5.23. The molecule has 1 fully saturated rings. The molecular weight excluding hydrogens is 244 g/mol. The third-order valence-electron chi connectivity index (χ3n) is 3.89. The molecule has 0 aromatic carbocycles. The van der Waals surface area contributed by atoms with Gasteiger partial charge in [0.1, 0.15) is 5.69 Å². The lowest BCUT2D eigenvalue weighted by Crippen LogP contribution is -2.32. The van der Waals surface area contributed by atoms with E-state index in [4.69, 9.17) is 5.73 Å². The second kappa shape index (κ2) is 5.21. The van der Waals surface area contributed by atoms with Gasteiger partial charge in [0.15, 0.2) is 0 Å². The molecule has 1 aliphatic rings. The normalized spacial score (nSPS) is 20.8. The number of likely N-dealkylation sites (tertiary alicyclic amines) is 1. The highest BCUT2D eigenvalue weighted by Crippen LogP contribution is 2.24. The smallest absolute Gasteiger partial charge is 0.274 e. The number of aliphatic hydroxyl groups excluding tert-OH is 1. The highest BCUT2D eigenvalue weighted by Gasteiger charge is 2.32. The lowest BCUT2D eigenvalue weighted by molar-refractivity contribution is 0.0753. The fraction of sp³-hybridized carbons (Fsp3) is 0.692. The first kappa shape index (κ1) is 13.9. The predicted molar refractivity (Wildman–Crippen MR) is 72.7 cm³/mol. The molecule has 6 nitrogen and oxygen atoms in total. The molecule has 0 radical (unpaired) electrons. The van der Waals surface area contributed by atoms with Gasteiger partial charge in [-0.1, -0.05) is 6.92 Å². The van der Waals surface area contributed by atoms with Crippen LogP contribution in [0.4, 0.5) is 5.69 Å². The van der Waals surface area contributed by atoms with Crippen molar-refractivity contribution in [1.82, 2.24) is 14.7 Å². The van der Waals surface area contributed by atoms with Gasteiger partial charge in [0, 0.05) is 26.1 Å². The Hall–Kier alpha value is -1.56. The van der Waals surface area contributed by atoms with Gasteiger partial charge in [0.2, 0.25) is 0 Å². The van der Waals surface area contributed by atoms with Crippen LogP contribution in [0.25, 0.3) is 0 Å². The zero-order chi connectivity index (χ0) is 14.2. The summed E-state index contributed by atoms with van der Waals surface area (Å²) >= 11 is 0. The van der Waals surface area contributed by atoms with Crippen molar-refractivity contribution in [2.75, 3.05) is 18.8 Å². The Balaban J connectivity index is 2.19. The number of carbonyl (C=O) groups is 1. The SMILES string of the molecule is CCc1nn(C)c(C(=O)N2CCC(C(C)O)C2)c1N. The Morgan fingerprint density at radius 3 is 2.79 bits per heavy atom. The maximum atomic E-state index is 12.5. The fourth-order valence-corrected chi connectivity index (χ4v) is 2.63. The molecule has 1 saturated heterocycles. The van der Waals surface area contributed by atoms with Gasteiger partial charge in [-0.25, -0.2) is 0 Å². The number of hydrogen-bond donors (Lipinski definition) is 2. The number of aromatic nitrogens is 2. The van der Waals surface area contributed by atoms with Gasteiger partial charge in [-0.15, -0.1) is 0 Å². The van der Waals surface area contributed by atoms with E-state index < -0.39 is 0 Å². The highest BCUT2D eigenvalue weighted by atomic mass is 16.3. The van der Waals surface area contributed by atoms with Gasteiger partial charge in [-0.3, -0.25) is 9.48 Å². The van der Waals surface area contributed by atoms with Crippen molar-refractivity contribution >= 4 is 11.6 Å². The minimum absolute atomic E-state index is 0.0876. The lowest BCUT2D eigenvalue weighted by Gasteiger charge is -2.18. The Bertz CT molecular complexity index is 481. The zero-order valence-electron chi connectivity index (χ0n) is 11.8. The van der Waals surface area contributed by atoms with Crippen LogP contribution in [-0.2, 0) is 13.5 Å². The van der Waals surface area contributed by atoms with E-state index in [9.17, 15) is 9.90 Å². The van der Waals surface area contributed by atoms with E-state index in [-0.39, 0.29) is 17.9 Å². The molecule has 2 atom stereocenters. The summed E-state index contributed by atoms with van der Waals surface area (Å²) in [6.07, 6.45) is 1.17. The standard InChI is InChI=1S/C13H22N4O2/c1-4-10-11(14)12(16(3)15-10)13(19)17-6-5-9(7-17)8(2)18/h8-9,18H,4-7,14H2,1-3H3. The number of nitrogens with zero attached hydrogens (tertiary/aromatic N) is 3. The molecule has 3 N–H and O–H groups in total. The van der Waals surface area contributed by atoms with E-state index >= 15 is 0 Å². The van der Waals surface area contributed by atoms with Gasteiger partial charge in [-0.05, 0) is 19.8 Å². The number of nitrogen functional groups attached to an aromatic ring is 1. The summed E-state index contributed by atoms with van der Waals surface area (Å²) in [5.41, 5.74) is 7.70. The number of anilines is 1. The van der Waals surface area contributed by atoms with E-state index in [0.29, 0.717) is 30.9 Å². The fourth-order valence-electron chi connectivity index (χ4n) is 2.63. The molecule has 1 aromatic heterocycles. The molecule has 1 amide bonds. The van der Waals surface area contributed by atoms with E-state index in [2.05, 4.69) is 5.10 Å². The topological polar surface area (TPSA) is 84.4 Å². The number of carbonyl (C=O) groups excluding carboxylic acids is 1. The van der Waals surface area contributed by atoms with E-state index in [1.165, 1.54) is 0 Å². The van der Waals surface area contributed by atoms with Gasteiger partial charge in [0.05, 0.1) is 17.5 Å². The minimum atomic E-state index is -0.382. The van der Waals surface area contributed by atoms with Crippen LogP contribution < -0.4 is 5.73 Å². The van der Waals surface area contributed by atoms with Crippen LogP contribution in [0.2, 0.25) is 0 Å². The molecule has 0 bridgehead atoms. The first-order chi connectivity index (χ1) is 8.95. The molecular formula is C13H22N4O2. The maximum Gasteiger partial charge on any atom is 0.274 e. The van der Waals surface area contributed by atoms with Crippen molar-refractivity contribution in [2.24, 2.45) is 13.0 Å². The average Bonchev–Trinajstić information content (AvgIpc) is 2.94. The summed E-state index contributed by atoms with van der Waals surface area (Å²) in [4.78, 5) is 14.2. The summed E-state index contributed by atoms with van der Waals surface area (Å²) in [6.45, 7) is 4.99. The van der Waals surface area contributed by atoms with Crippen molar-refractivity contribution in [3.8, 4) is 0 Å². The minimum Gasteiger partial charge on any atom is -0.395 e. The number of nitrogens with two attached hydrogens (primary N) is 1. The number of aliphatic hydroxyl groups is 1. The van der Waals surface area contributed by atoms with Crippen LogP contribution in [0, 0.1) is 5.92 Å². The third kappa shape index (κ3) is 2.45. The lowest BCUT2D eigenvalue weighted by atomic mass is 10.0. The predicted octanol–water partition coefficient (Wildman–Crippen LogP) is 0.408. The zero-order valence-corrected chi connectivity index (χ0v) is 11.8. The summed E-state index contributed by atoms with van der Waals surface area (Å²) in [6, 6.07) is 0. The molecule has 106 valence electrons. The van der Waals surface area contributed by atoms with E-state index in [0.717, 1.165) is 12.1 Å². The van der Waals surface area contributed by atoms with Crippen LogP contribution in [0.3, 0.4) is 0 Å². The van der Waals surface area contributed by atoms with Crippen LogP contribution in [0.1, 0.15) is 36.5 Å². The molecule has 1 aromatic rings. The molecule has 6 heteroatoms. The van der Waals surface area contributed by atoms with E-state index in [1.54, 1.807) is 23.6 Å². The largest absolute Gasteiger partial charge is 0.395 e. The highest BCUT2D eigenvalue weighted by molar-refractivity contribution is 5.98. The molecule has 2 heterocycles. The second-order valence-corrected chi connectivity index (χ2v) is 5.23. The van der Waals surface area contributed by atoms with Crippen LogP contribution >= 0.6 is 0 Å². The molecule has 1 aliphatic heterocycles. The summed E-state index contributed by atoms with van der Waals surface area (Å²) in [7, 11) is 1.74. The monoisotopic (exact) mass is 266 g/mol. The molecule has 0 aliphatic carbocycles. The molecule has 2 unspecified atom stereocenters. The Labute approximate surface area is 113 Å². The Morgan fingerprint density at radius 2 is 2.32 bits per heavy atom. The van der Waals surface area contributed by atoms with Crippen molar-refractivity contribution < 1.29 is 9.90 Å². The van der Waals surface area contributed by atoms with Gasteiger partial charge >= 0.3 is 0 Å². The molecule has 19 heavy (non-hydrogen) atoms. The van der Waals surface area contributed by atoms with Gasteiger partial charge < -0.3 is 15.7 Å². The van der Waals surface area contributed by atoms with Crippen molar-refractivity contribution in [2.45, 2.75) is 32.8 Å². The number of amides is 1. The van der Waals surface area contributed by atoms with Crippen LogP contribution in [0.15, 0.2) is 0 Å². The summed E-state index contributed by atoms with van der Waals surface area (Å²) in [5, 5.41) is 13.9.